The van der Waals surface area contributed by atoms with Crippen molar-refractivity contribution in [1.29, 1.82) is 0 Å². The van der Waals surface area contributed by atoms with Gasteiger partial charge in [-0.15, -0.1) is 0 Å². The van der Waals surface area contributed by atoms with Crippen LogP contribution in [-0.2, 0) is 25.4 Å². The van der Waals surface area contributed by atoms with Crippen molar-refractivity contribution in [3.63, 3.8) is 0 Å². The summed E-state index contributed by atoms with van der Waals surface area (Å²) in [4.78, 5) is 36.5. The van der Waals surface area contributed by atoms with Crippen LogP contribution < -0.4 is 10.5 Å². The average Bonchev–Trinajstić information content (AvgIpc) is 3.09. The zero-order chi connectivity index (χ0) is 36.5. The van der Waals surface area contributed by atoms with Crippen LogP contribution in [0.4, 0.5) is 0 Å². The van der Waals surface area contributed by atoms with Crippen molar-refractivity contribution in [3.8, 4) is 17.2 Å². The molecule has 11 heteroatoms. The minimum atomic E-state index is -0.509. The molecule has 3 aliphatic rings. The van der Waals surface area contributed by atoms with Crippen molar-refractivity contribution in [1.82, 2.24) is 4.90 Å². The predicted molar refractivity (Wildman–Crippen MR) is 188 cm³/mol. The van der Waals surface area contributed by atoms with Gasteiger partial charge < -0.3 is 39.7 Å². The Balaban J connectivity index is 0.000000262. The van der Waals surface area contributed by atoms with E-state index in [2.05, 4.69) is 31.4 Å². The highest BCUT2D eigenvalue weighted by Crippen LogP contribution is 2.51. The summed E-state index contributed by atoms with van der Waals surface area (Å²) in [6.45, 7) is 12.9. The lowest BCUT2D eigenvalue weighted by molar-refractivity contribution is -0.182. The van der Waals surface area contributed by atoms with E-state index >= 15 is 0 Å². The third-order valence-corrected chi connectivity index (χ3v) is 9.98. The summed E-state index contributed by atoms with van der Waals surface area (Å²) >= 11 is 0. The first-order valence-electron chi connectivity index (χ1n) is 17.1. The summed E-state index contributed by atoms with van der Waals surface area (Å²) < 4.78 is 21.7. The van der Waals surface area contributed by atoms with Gasteiger partial charge in [-0.25, -0.2) is 0 Å². The molecule has 0 radical (unpaired) electrons. The van der Waals surface area contributed by atoms with Crippen LogP contribution in [0.25, 0.3) is 0 Å². The molecular weight excluding hydrogens is 628 g/mol. The Labute approximate surface area is 291 Å². The molecule has 1 aliphatic heterocycles. The first kappa shape index (κ1) is 40.1. The fourth-order valence-electron chi connectivity index (χ4n) is 7.78. The van der Waals surface area contributed by atoms with Crippen molar-refractivity contribution >= 4 is 18.4 Å². The number of aldehydes is 2. The molecule has 11 nitrogen and oxygen atoms in total. The van der Waals surface area contributed by atoms with Crippen LogP contribution in [0.1, 0.15) is 102 Å². The fourth-order valence-corrected chi connectivity index (χ4v) is 7.78. The molecule has 5 atom stereocenters. The third kappa shape index (κ3) is 9.26. The second-order valence-electron chi connectivity index (χ2n) is 14.0. The summed E-state index contributed by atoms with van der Waals surface area (Å²) in [7, 11) is 4.98. The van der Waals surface area contributed by atoms with E-state index in [1.54, 1.807) is 26.2 Å². The zero-order valence-electron chi connectivity index (χ0n) is 30.4. The Kier molecular flexibility index (Phi) is 14.8. The van der Waals surface area contributed by atoms with Gasteiger partial charge in [-0.1, -0.05) is 46.2 Å². The maximum Gasteiger partial charge on any atom is 0.198 e. The number of phenolic OH excluding ortho intramolecular Hbond substituents is 2. The second kappa shape index (κ2) is 18.1. The monoisotopic (exact) mass is 684 g/mol. The normalized spacial score (nSPS) is 24.6. The molecule has 49 heavy (non-hydrogen) atoms. The maximum absolute atomic E-state index is 13.3. The molecule has 0 aromatic heterocycles. The molecule has 2 aromatic carbocycles. The largest absolute Gasteiger partial charge is 0.507 e. The van der Waals surface area contributed by atoms with Crippen LogP contribution in [0.5, 0.6) is 17.2 Å². The number of benzene rings is 2. The highest BCUT2D eigenvalue weighted by molar-refractivity contribution is 6.16. The molecule has 4 N–H and O–H groups in total. The number of ketones is 1. The quantitative estimate of drug-likeness (QED) is 0.191. The van der Waals surface area contributed by atoms with Crippen LogP contribution in [-0.4, -0.2) is 99.5 Å². The SMILES string of the molecule is COC1CN(C2CCCC(C)C2OC)CCO1.COc1cccc(C(=O)c2c(C)c(O)c3c(c2O)CC(C)(C)CC3C)c1C=O.NCC=O. The van der Waals surface area contributed by atoms with Gasteiger partial charge >= 0.3 is 0 Å². The molecule has 5 rings (SSSR count). The number of nitrogens with zero attached hydrogens (tertiary/aromatic N) is 1. The number of carbonyl (C=O) groups is 3. The number of hydrogen-bond acceptors (Lipinski definition) is 11. The summed E-state index contributed by atoms with van der Waals surface area (Å²) in [6, 6.07) is 5.28. The van der Waals surface area contributed by atoms with Crippen LogP contribution >= 0.6 is 0 Å². The van der Waals surface area contributed by atoms with Crippen molar-refractivity contribution < 1.29 is 43.5 Å². The van der Waals surface area contributed by atoms with Crippen molar-refractivity contribution in [3.05, 3.63) is 51.6 Å². The molecule has 0 amide bonds. The Morgan fingerprint density at radius 1 is 1.10 bits per heavy atom. The van der Waals surface area contributed by atoms with E-state index in [0.29, 0.717) is 53.7 Å². The first-order valence-corrected chi connectivity index (χ1v) is 17.1. The molecule has 2 aliphatic carbocycles. The number of fused-ring (bicyclic) bond motifs is 1. The van der Waals surface area contributed by atoms with Crippen molar-refractivity contribution in [2.24, 2.45) is 17.1 Å². The molecule has 2 fully saturated rings. The number of morpholine rings is 1. The van der Waals surface area contributed by atoms with Gasteiger partial charge in [0, 0.05) is 62.1 Å². The van der Waals surface area contributed by atoms with Crippen LogP contribution in [0.15, 0.2) is 18.2 Å². The second-order valence-corrected chi connectivity index (χ2v) is 14.0. The van der Waals surface area contributed by atoms with E-state index in [4.69, 9.17) is 23.7 Å². The van der Waals surface area contributed by atoms with Gasteiger partial charge in [0.25, 0.3) is 0 Å². The van der Waals surface area contributed by atoms with Gasteiger partial charge in [0.15, 0.2) is 18.4 Å². The highest BCUT2D eigenvalue weighted by Gasteiger charge is 2.38. The number of methoxy groups -OCH3 is 3. The van der Waals surface area contributed by atoms with Gasteiger partial charge in [-0.05, 0) is 55.9 Å². The molecule has 0 bridgehead atoms. The minimum Gasteiger partial charge on any atom is -0.507 e. The summed E-state index contributed by atoms with van der Waals surface area (Å²) in [5, 5.41) is 21.9. The van der Waals surface area contributed by atoms with Crippen molar-refractivity contribution in [2.75, 3.05) is 47.6 Å². The average molecular weight is 685 g/mol. The lowest BCUT2D eigenvalue weighted by Crippen LogP contribution is -2.55. The van der Waals surface area contributed by atoms with Gasteiger partial charge in [-0.2, -0.15) is 0 Å². The number of hydrogen-bond donors (Lipinski definition) is 3. The molecule has 0 spiro atoms. The van der Waals surface area contributed by atoms with E-state index in [-0.39, 0.29) is 58.1 Å². The number of rotatable bonds is 8. The topological polar surface area (TPSA) is 158 Å². The zero-order valence-corrected chi connectivity index (χ0v) is 30.4. The van der Waals surface area contributed by atoms with Gasteiger partial charge in [0.1, 0.15) is 23.5 Å². The van der Waals surface area contributed by atoms with Crippen LogP contribution in [0.2, 0.25) is 0 Å². The third-order valence-electron chi connectivity index (χ3n) is 9.98. The number of phenols is 2. The van der Waals surface area contributed by atoms with Crippen molar-refractivity contribution in [2.45, 2.75) is 91.1 Å². The van der Waals surface area contributed by atoms with E-state index in [1.165, 1.54) is 32.4 Å². The number of aromatic hydroxyl groups is 2. The Morgan fingerprint density at radius 2 is 1.80 bits per heavy atom. The standard InChI is InChI=1S/C23H26O5.C13H25NO3.C2H5NO/c1-12-9-23(3,4)10-15-18(12)20(25)13(2)19(22(15)27)21(26)14-7-6-8-17(28-5)16(14)11-24;1-10-5-4-6-11(13(10)16-3)14-7-8-17-12(9-14)15-2;3-1-2-4/h6-8,11-12,25,27H,9-10H2,1-5H3;10-13H,4-9H2,1-3H3;2H,1,3H2. The lowest BCUT2D eigenvalue weighted by Gasteiger charge is -2.44. The summed E-state index contributed by atoms with van der Waals surface area (Å²) in [6.07, 6.45) is 6.78. The van der Waals surface area contributed by atoms with Gasteiger partial charge in [0.05, 0.1) is 30.9 Å². The smallest absolute Gasteiger partial charge is 0.198 e. The van der Waals surface area contributed by atoms with Crippen LogP contribution in [0.3, 0.4) is 0 Å². The molecule has 2 aromatic rings. The Hall–Kier alpha value is -3.35. The van der Waals surface area contributed by atoms with Crippen LogP contribution in [0, 0.1) is 18.3 Å². The summed E-state index contributed by atoms with van der Waals surface area (Å²) in [5.74, 6) is 0.446. The lowest BCUT2D eigenvalue weighted by atomic mass is 9.68. The van der Waals surface area contributed by atoms with Gasteiger partial charge in [-0.3, -0.25) is 14.5 Å². The highest BCUT2D eigenvalue weighted by atomic mass is 16.7. The fraction of sp³-hybridized carbons (Fsp3) is 0.605. The van der Waals surface area contributed by atoms with E-state index in [1.807, 2.05) is 14.0 Å². The van der Waals surface area contributed by atoms with E-state index in [9.17, 15) is 19.8 Å². The first-order chi connectivity index (χ1) is 23.3. The molecule has 272 valence electrons. The molecule has 1 saturated heterocycles. The maximum atomic E-state index is 13.3. The minimum absolute atomic E-state index is 0.0394. The molecular formula is C38H56N2O9. The number of carbonyl (C=O) groups excluding carboxylic acids is 3. The molecule has 1 heterocycles. The number of nitrogens with two attached hydrogens (primary N) is 1. The summed E-state index contributed by atoms with van der Waals surface area (Å²) in [5.41, 5.74) is 6.56. The number of ether oxygens (including phenoxy) is 4. The van der Waals surface area contributed by atoms with Gasteiger partial charge in [0.2, 0.25) is 0 Å². The molecule has 5 unspecified atom stereocenters. The molecule has 1 saturated carbocycles. The van der Waals surface area contributed by atoms with E-state index in [0.717, 1.165) is 26.1 Å². The Morgan fingerprint density at radius 3 is 2.39 bits per heavy atom. The van der Waals surface area contributed by atoms with E-state index < -0.39 is 5.78 Å². The Bertz CT molecular complexity index is 1440. The predicted octanol–water partition coefficient (Wildman–Crippen LogP) is 5.17.